The van der Waals surface area contributed by atoms with Crippen LogP contribution in [0.5, 0.6) is 0 Å². The van der Waals surface area contributed by atoms with Gasteiger partial charge in [-0.1, -0.05) is 160 Å². The lowest BCUT2D eigenvalue weighted by Gasteiger charge is -2.15. The molecule has 0 rings (SSSR count). The topological polar surface area (TPSA) is 37.3 Å². The van der Waals surface area contributed by atoms with Gasteiger partial charge in [0.15, 0.2) is 0 Å². The molecular formula is C36H68O2. The monoisotopic (exact) mass is 533 g/mol. The van der Waals surface area contributed by atoms with Crippen molar-refractivity contribution in [3.05, 3.63) is 24.3 Å². The molecule has 0 aromatic rings. The van der Waals surface area contributed by atoms with Gasteiger partial charge in [-0.25, -0.2) is 0 Å². The number of carboxylic acid groups (broad SMARTS) is 1. The van der Waals surface area contributed by atoms with Crippen LogP contribution in [0, 0.1) is 5.92 Å². The fourth-order valence-electron chi connectivity index (χ4n) is 5.40. The van der Waals surface area contributed by atoms with Crippen LogP contribution in [-0.4, -0.2) is 11.1 Å². The zero-order valence-electron chi connectivity index (χ0n) is 26.0. The highest BCUT2D eigenvalue weighted by Gasteiger charge is 2.07. The number of carboxylic acids is 1. The number of hydrogen-bond acceptors (Lipinski definition) is 1. The highest BCUT2D eigenvalue weighted by atomic mass is 16.4. The Balaban J connectivity index is 3.71. The number of unbranched alkanes of at least 4 members (excludes halogenated alkanes) is 20. The van der Waals surface area contributed by atoms with Crippen LogP contribution < -0.4 is 0 Å². The lowest BCUT2D eigenvalue weighted by Crippen LogP contribution is -2.00. The molecule has 0 aliphatic rings. The molecule has 2 nitrogen and oxygen atoms in total. The van der Waals surface area contributed by atoms with Crippen LogP contribution in [0.3, 0.4) is 0 Å². The molecule has 0 radical (unpaired) electrons. The van der Waals surface area contributed by atoms with Gasteiger partial charge in [0, 0.05) is 6.42 Å². The van der Waals surface area contributed by atoms with Gasteiger partial charge >= 0.3 is 5.97 Å². The van der Waals surface area contributed by atoms with Gasteiger partial charge in [-0.2, -0.15) is 0 Å². The molecule has 0 aliphatic heterocycles. The fraction of sp³-hybridized carbons (Fsp3) is 0.861. The number of carbonyl (C=O) groups is 1. The van der Waals surface area contributed by atoms with E-state index in [1.165, 1.54) is 161 Å². The minimum Gasteiger partial charge on any atom is -0.481 e. The molecule has 224 valence electrons. The predicted molar refractivity (Wildman–Crippen MR) is 170 cm³/mol. The molecule has 1 N–H and O–H groups in total. The van der Waals surface area contributed by atoms with E-state index in [0.29, 0.717) is 6.42 Å². The Morgan fingerprint density at radius 3 is 1.34 bits per heavy atom. The van der Waals surface area contributed by atoms with Gasteiger partial charge < -0.3 is 5.11 Å². The summed E-state index contributed by atoms with van der Waals surface area (Å²) in [6.45, 7) is 4.61. The van der Waals surface area contributed by atoms with Crippen molar-refractivity contribution in [2.24, 2.45) is 5.92 Å². The van der Waals surface area contributed by atoms with E-state index in [9.17, 15) is 4.79 Å². The van der Waals surface area contributed by atoms with E-state index in [4.69, 9.17) is 5.11 Å². The highest BCUT2D eigenvalue weighted by Crippen LogP contribution is 2.23. The third-order valence-electron chi connectivity index (χ3n) is 7.99. The Kier molecular flexibility index (Phi) is 31.3. The molecule has 0 spiro atoms. The Morgan fingerprint density at radius 1 is 0.500 bits per heavy atom. The normalized spacial score (nSPS) is 12.7. The van der Waals surface area contributed by atoms with E-state index in [-0.39, 0.29) is 0 Å². The van der Waals surface area contributed by atoms with Gasteiger partial charge in [-0.3, -0.25) is 4.79 Å². The Bertz CT molecular complexity index is 521. The molecule has 0 bridgehead atoms. The zero-order chi connectivity index (χ0) is 27.8. The lowest BCUT2D eigenvalue weighted by molar-refractivity contribution is -0.137. The maximum Gasteiger partial charge on any atom is 0.303 e. The van der Waals surface area contributed by atoms with Crippen molar-refractivity contribution in [2.45, 2.75) is 194 Å². The summed E-state index contributed by atoms with van der Waals surface area (Å²) >= 11 is 0. The van der Waals surface area contributed by atoms with E-state index < -0.39 is 5.97 Å². The molecule has 38 heavy (non-hydrogen) atoms. The van der Waals surface area contributed by atoms with E-state index in [1.807, 2.05) is 0 Å². The SMILES string of the molecule is CCCCCCCCC=CCC(CCCCCC)CCCCCCCCC=CCCCCCCCC(=O)O. The van der Waals surface area contributed by atoms with E-state index in [2.05, 4.69) is 38.2 Å². The molecule has 0 aliphatic carbocycles. The third kappa shape index (κ3) is 31.2. The molecule has 2 heteroatoms. The fourth-order valence-corrected chi connectivity index (χ4v) is 5.40. The second-order valence-corrected chi connectivity index (χ2v) is 11.8. The lowest BCUT2D eigenvalue weighted by atomic mass is 9.91. The number of rotatable bonds is 31. The van der Waals surface area contributed by atoms with E-state index >= 15 is 0 Å². The zero-order valence-corrected chi connectivity index (χ0v) is 26.0. The minimum absolute atomic E-state index is 0.330. The first-order valence-corrected chi connectivity index (χ1v) is 17.2. The molecule has 0 aromatic carbocycles. The summed E-state index contributed by atoms with van der Waals surface area (Å²) in [7, 11) is 0. The Morgan fingerprint density at radius 2 is 0.868 bits per heavy atom. The standard InChI is InChI=1S/C36H68O2/c1-3-5-7-9-10-18-21-24-28-32-35(31-27-8-6-4-2)33-29-25-22-19-16-14-12-11-13-15-17-20-23-26-30-34-36(37)38/h11,13,24,28,35H,3-10,12,14-23,25-27,29-34H2,1-2H3,(H,37,38). The van der Waals surface area contributed by atoms with Gasteiger partial charge in [0.05, 0.1) is 0 Å². The average Bonchev–Trinajstić information content (AvgIpc) is 2.91. The van der Waals surface area contributed by atoms with Crippen molar-refractivity contribution in [1.29, 1.82) is 0 Å². The summed E-state index contributed by atoms with van der Waals surface area (Å²) in [6.07, 6.45) is 46.0. The number of allylic oxidation sites excluding steroid dienone is 4. The summed E-state index contributed by atoms with van der Waals surface area (Å²) in [5, 5.41) is 8.64. The third-order valence-corrected chi connectivity index (χ3v) is 7.99. The maximum atomic E-state index is 10.5. The highest BCUT2D eigenvalue weighted by molar-refractivity contribution is 5.66. The summed E-state index contributed by atoms with van der Waals surface area (Å²) in [6, 6.07) is 0. The van der Waals surface area contributed by atoms with Crippen molar-refractivity contribution >= 4 is 5.97 Å². The molecule has 0 saturated heterocycles. The Hall–Kier alpha value is -1.05. The molecule has 1 atom stereocenters. The largest absolute Gasteiger partial charge is 0.481 e. The molecule has 0 fully saturated rings. The molecular weight excluding hydrogens is 464 g/mol. The summed E-state index contributed by atoms with van der Waals surface area (Å²) in [5.74, 6) is 0.259. The molecule has 0 heterocycles. The van der Waals surface area contributed by atoms with Crippen LogP contribution in [0.2, 0.25) is 0 Å². The smallest absolute Gasteiger partial charge is 0.303 e. The van der Waals surface area contributed by atoms with Crippen molar-refractivity contribution in [3.63, 3.8) is 0 Å². The molecule has 0 saturated carbocycles. The number of aliphatic carboxylic acids is 1. The van der Waals surface area contributed by atoms with Gasteiger partial charge in [-0.15, -0.1) is 0 Å². The minimum atomic E-state index is -0.660. The van der Waals surface area contributed by atoms with Crippen molar-refractivity contribution in [3.8, 4) is 0 Å². The van der Waals surface area contributed by atoms with Crippen LogP contribution >= 0.6 is 0 Å². The van der Waals surface area contributed by atoms with Gasteiger partial charge in [0.2, 0.25) is 0 Å². The van der Waals surface area contributed by atoms with Crippen molar-refractivity contribution in [2.75, 3.05) is 0 Å². The predicted octanol–water partition coefficient (Wildman–Crippen LogP) is 12.8. The second kappa shape index (κ2) is 32.2. The van der Waals surface area contributed by atoms with E-state index in [1.54, 1.807) is 0 Å². The van der Waals surface area contributed by atoms with Crippen LogP contribution in [0.25, 0.3) is 0 Å². The molecule has 0 aromatic heterocycles. The van der Waals surface area contributed by atoms with Crippen LogP contribution in [0.1, 0.15) is 194 Å². The van der Waals surface area contributed by atoms with Crippen LogP contribution in [-0.2, 0) is 4.79 Å². The van der Waals surface area contributed by atoms with Crippen molar-refractivity contribution in [1.82, 2.24) is 0 Å². The summed E-state index contributed by atoms with van der Waals surface area (Å²) in [4.78, 5) is 10.5. The Labute approximate surface area is 239 Å². The first kappa shape index (κ1) is 37.0. The van der Waals surface area contributed by atoms with Crippen LogP contribution in [0.4, 0.5) is 0 Å². The van der Waals surface area contributed by atoms with E-state index in [0.717, 1.165) is 18.8 Å². The quantitative estimate of drug-likeness (QED) is 0.0712. The van der Waals surface area contributed by atoms with Gasteiger partial charge in [0.25, 0.3) is 0 Å². The van der Waals surface area contributed by atoms with Crippen LogP contribution in [0.15, 0.2) is 24.3 Å². The first-order chi connectivity index (χ1) is 18.7. The van der Waals surface area contributed by atoms with Crippen molar-refractivity contribution < 1.29 is 9.90 Å². The van der Waals surface area contributed by atoms with Gasteiger partial charge in [0.1, 0.15) is 0 Å². The van der Waals surface area contributed by atoms with Gasteiger partial charge in [-0.05, 0) is 57.3 Å². The average molecular weight is 533 g/mol. The summed E-state index contributed by atoms with van der Waals surface area (Å²) in [5.41, 5.74) is 0. The summed E-state index contributed by atoms with van der Waals surface area (Å²) < 4.78 is 0. The maximum absolute atomic E-state index is 10.5. The first-order valence-electron chi connectivity index (χ1n) is 17.2. The molecule has 1 unspecified atom stereocenters. The molecule has 0 amide bonds. The second-order valence-electron chi connectivity index (χ2n) is 11.8. The number of hydrogen-bond donors (Lipinski definition) is 1.